The molecule has 4 rings (SSSR count). The summed E-state index contributed by atoms with van der Waals surface area (Å²) in [6.45, 7) is 2.21. The van der Waals surface area contributed by atoms with Gasteiger partial charge in [-0.2, -0.15) is 0 Å². The van der Waals surface area contributed by atoms with Gasteiger partial charge in [0.2, 0.25) is 5.91 Å². The smallest absolute Gasteiger partial charge is 0.263 e. The number of carbonyl (C=O) groups excluding carboxylic acids is 1. The van der Waals surface area contributed by atoms with E-state index in [1.165, 1.54) is 47.4 Å². The molecule has 0 unspecified atom stereocenters. The molecule has 2 N–H and O–H groups in total. The maximum Gasteiger partial charge on any atom is 0.263 e. The molecule has 10 nitrogen and oxygen atoms in total. The molecule has 0 saturated heterocycles. The molecular weight excluding hydrogens is 490 g/mol. The van der Waals surface area contributed by atoms with Crippen LogP contribution in [-0.2, 0) is 21.4 Å². The van der Waals surface area contributed by atoms with Crippen LogP contribution in [0.25, 0.3) is 11.3 Å². The van der Waals surface area contributed by atoms with Crippen LogP contribution in [0, 0.1) is 0 Å². The van der Waals surface area contributed by atoms with Crippen molar-refractivity contribution in [3.8, 4) is 17.0 Å². The van der Waals surface area contributed by atoms with Crippen molar-refractivity contribution in [1.82, 2.24) is 14.5 Å². The first-order chi connectivity index (χ1) is 16.8. The third-order valence-electron chi connectivity index (χ3n) is 4.76. The molecule has 0 bridgehead atoms. The summed E-state index contributed by atoms with van der Waals surface area (Å²) in [5, 5.41) is 4.56. The molecule has 0 atom stereocenters. The Morgan fingerprint density at radius 3 is 2.46 bits per heavy atom. The fraction of sp³-hybridized carbons (Fsp3) is 0.130. The van der Waals surface area contributed by atoms with Crippen LogP contribution in [0.1, 0.15) is 6.92 Å². The Labute approximate surface area is 205 Å². The normalized spacial score (nSPS) is 11.1. The molecule has 0 radical (unpaired) electrons. The topological polar surface area (TPSA) is 132 Å². The van der Waals surface area contributed by atoms with Crippen molar-refractivity contribution < 1.29 is 17.9 Å². The van der Waals surface area contributed by atoms with Gasteiger partial charge in [0, 0.05) is 28.9 Å². The predicted octanol–water partition coefficient (Wildman–Crippen LogP) is 3.21. The Morgan fingerprint density at radius 1 is 1.09 bits per heavy atom. The van der Waals surface area contributed by atoms with Crippen molar-refractivity contribution in [1.29, 1.82) is 0 Å². The molecule has 4 aromatic rings. The molecule has 0 aliphatic rings. The molecule has 180 valence electrons. The molecule has 1 amide bonds. The van der Waals surface area contributed by atoms with Crippen LogP contribution >= 0.6 is 11.3 Å². The largest absolute Gasteiger partial charge is 0.494 e. The summed E-state index contributed by atoms with van der Waals surface area (Å²) in [5.41, 5.74) is 1.24. The summed E-state index contributed by atoms with van der Waals surface area (Å²) in [5.74, 6) is 0.266. The molecular formula is C23H21N5O5S2. The Kier molecular flexibility index (Phi) is 7.22. The number of amides is 1. The van der Waals surface area contributed by atoms with Crippen molar-refractivity contribution in [3.05, 3.63) is 82.9 Å². The zero-order valence-electron chi connectivity index (χ0n) is 18.5. The highest BCUT2D eigenvalue weighted by Gasteiger charge is 2.16. The third-order valence-corrected chi connectivity index (χ3v) is 6.93. The van der Waals surface area contributed by atoms with Gasteiger partial charge in [0.15, 0.2) is 5.13 Å². The maximum atomic E-state index is 12.5. The van der Waals surface area contributed by atoms with E-state index in [4.69, 9.17) is 4.74 Å². The van der Waals surface area contributed by atoms with Crippen LogP contribution in [0.5, 0.6) is 5.75 Å². The number of aromatic nitrogens is 3. The lowest BCUT2D eigenvalue weighted by molar-refractivity contribution is -0.116. The van der Waals surface area contributed by atoms with Crippen molar-refractivity contribution in [3.63, 3.8) is 0 Å². The van der Waals surface area contributed by atoms with E-state index in [-0.39, 0.29) is 22.1 Å². The molecule has 0 aliphatic carbocycles. The van der Waals surface area contributed by atoms with Gasteiger partial charge in [-0.15, -0.1) is 11.3 Å². The highest BCUT2D eigenvalue weighted by atomic mass is 32.2. The lowest BCUT2D eigenvalue weighted by atomic mass is 10.1. The summed E-state index contributed by atoms with van der Waals surface area (Å²) in [6, 6.07) is 14.2. The second-order valence-corrected chi connectivity index (χ2v) is 9.79. The standard InChI is InChI=1S/C23H21N5O5S2/c1-2-33-18-7-3-16(4-8-18)20-13-22(30)28(15-25-20)14-21(29)26-17-5-9-19(10-6-17)35(31,32)27-23-24-11-12-34-23/h3-13,15H,2,14H2,1H3,(H,24,27)(H,26,29). The average molecular weight is 512 g/mol. The Hall–Kier alpha value is -4.03. The zero-order valence-corrected chi connectivity index (χ0v) is 20.2. The van der Waals surface area contributed by atoms with Crippen LogP contribution in [0.3, 0.4) is 0 Å². The third kappa shape index (κ3) is 6.11. The quantitative estimate of drug-likeness (QED) is 0.353. The van der Waals surface area contributed by atoms with Gasteiger partial charge in [-0.3, -0.25) is 18.9 Å². The molecule has 2 aromatic heterocycles. The van der Waals surface area contributed by atoms with Crippen LogP contribution in [0.15, 0.2) is 82.2 Å². The van der Waals surface area contributed by atoms with E-state index in [1.807, 2.05) is 6.92 Å². The average Bonchev–Trinajstić information content (AvgIpc) is 3.34. The van der Waals surface area contributed by atoms with E-state index in [2.05, 4.69) is 20.0 Å². The summed E-state index contributed by atoms with van der Waals surface area (Å²) in [6.07, 6.45) is 2.81. The fourth-order valence-electron chi connectivity index (χ4n) is 3.11. The highest BCUT2D eigenvalue weighted by molar-refractivity contribution is 7.93. The monoisotopic (exact) mass is 511 g/mol. The van der Waals surface area contributed by atoms with Crippen molar-refractivity contribution >= 4 is 38.1 Å². The Balaban J connectivity index is 1.39. The molecule has 0 saturated carbocycles. The van der Waals surface area contributed by atoms with Crippen LogP contribution < -0.4 is 20.3 Å². The number of sulfonamides is 1. The maximum absolute atomic E-state index is 12.5. The Bertz CT molecular complexity index is 1470. The van der Waals surface area contributed by atoms with Gasteiger partial charge in [0.25, 0.3) is 15.6 Å². The number of benzene rings is 2. The van der Waals surface area contributed by atoms with Gasteiger partial charge in [-0.25, -0.2) is 18.4 Å². The number of rotatable bonds is 9. The van der Waals surface area contributed by atoms with E-state index in [9.17, 15) is 18.0 Å². The summed E-state index contributed by atoms with van der Waals surface area (Å²) in [7, 11) is -3.79. The van der Waals surface area contributed by atoms with Crippen LogP contribution in [0.2, 0.25) is 0 Å². The first-order valence-electron chi connectivity index (χ1n) is 10.5. The number of ether oxygens (including phenoxy) is 1. The van der Waals surface area contributed by atoms with Gasteiger partial charge in [0.05, 0.1) is 23.5 Å². The first-order valence-corrected chi connectivity index (χ1v) is 12.8. The van der Waals surface area contributed by atoms with E-state index in [0.717, 1.165) is 22.6 Å². The van der Waals surface area contributed by atoms with Gasteiger partial charge in [-0.05, 0) is 55.5 Å². The number of anilines is 2. The number of carbonyl (C=O) groups is 1. The number of nitrogens with zero attached hydrogens (tertiary/aromatic N) is 3. The van der Waals surface area contributed by atoms with Crippen molar-refractivity contribution in [2.45, 2.75) is 18.4 Å². The van der Waals surface area contributed by atoms with Gasteiger partial charge in [-0.1, -0.05) is 0 Å². The number of thiazole rings is 1. The minimum atomic E-state index is -3.79. The van der Waals surface area contributed by atoms with Crippen molar-refractivity contribution in [2.24, 2.45) is 0 Å². The van der Waals surface area contributed by atoms with Gasteiger partial charge < -0.3 is 10.1 Å². The molecule has 35 heavy (non-hydrogen) atoms. The molecule has 2 aromatic carbocycles. The Morgan fingerprint density at radius 2 is 1.83 bits per heavy atom. The highest BCUT2D eigenvalue weighted by Crippen LogP contribution is 2.21. The van der Waals surface area contributed by atoms with Crippen molar-refractivity contribution in [2.75, 3.05) is 16.6 Å². The summed E-state index contributed by atoms with van der Waals surface area (Å²) < 4.78 is 33.8. The fourth-order valence-corrected chi connectivity index (χ4v) is 4.90. The van der Waals surface area contributed by atoms with E-state index < -0.39 is 15.9 Å². The van der Waals surface area contributed by atoms with Crippen LogP contribution in [-0.4, -0.2) is 35.5 Å². The molecule has 2 heterocycles. The SMILES string of the molecule is CCOc1ccc(-c2cc(=O)n(CC(=O)Nc3ccc(S(=O)(=O)Nc4nccs4)cc3)cn2)cc1. The van der Waals surface area contributed by atoms with E-state index >= 15 is 0 Å². The second-order valence-electron chi connectivity index (χ2n) is 7.21. The minimum absolute atomic E-state index is 0.0241. The number of nitrogens with one attached hydrogen (secondary N) is 2. The predicted molar refractivity (Wildman–Crippen MR) is 133 cm³/mol. The van der Waals surface area contributed by atoms with Gasteiger partial charge >= 0.3 is 0 Å². The number of hydrogen-bond donors (Lipinski definition) is 2. The summed E-state index contributed by atoms with van der Waals surface area (Å²) in [4.78, 5) is 33.1. The minimum Gasteiger partial charge on any atom is -0.494 e. The van der Waals surface area contributed by atoms with Crippen LogP contribution in [0.4, 0.5) is 10.8 Å². The lowest BCUT2D eigenvalue weighted by Crippen LogP contribution is -2.27. The molecule has 0 spiro atoms. The lowest BCUT2D eigenvalue weighted by Gasteiger charge is -2.09. The molecule has 0 fully saturated rings. The zero-order chi connectivity index (χ0) is 24.8. The van der Waals surface area contributed by atoms with E-state index in [1.54, 1.807) is 29.6 Å². The number of hydrogen-bond acceptors (Lipinski definition) is 8. The van der Waals surface area contributed by atoms with E-state index in [0.29, 0.717) is 18.0 Å². The summed E-state index contributed by atoms with van der Waals surface area (Å²) >= 11 is 1.16. The molecule has 0 aliphatic heterocycles. The van der Waals surface area contributed by atoms with Gasteiger partial charge in [0.1, 0.15) is 12.3 Å². The molecule has 12 heteroatoms. The first kappa shape index (κ1) is 24.1. The second kappa shape index (κ2) is 10.5.